The first-order chi connectivity index (χ1) is 9.08. The molecule has 0 bridgehead atoms. The van der Waals surface area contributed by atoms with E-state index in [0.717, 1.165) is 35.7 Å². The minimum atomic E-state index is -0.399. The molecule has 1 amide bonds. The molecule has 0 radical (unpaired) electrons. The van der Waals surface area contributed by atoms with Crippen LogP contribution in [0.1, 0.15) is 51.1 Å². The molecule has 1 aromatic carbocycles. The molecule has 0 aliphatic rings. The van der Waals surface area contributed by atoms with E-state index in [1.165, 1.54) is 0 Å². The summed E-state index contributed by atoms with van der Waals surface area (Å²) in [6, 6.07) is 7.66. The maximum absolute atomic E-state index is 12.0. The first-order valence-electron chi connectivity index (χ1n) is 6.89. The molecule has 3 N–H and O–H groups in total. The Morgan fingerprint density at radius 1 is 1.32 bits per heavy atom. The van der Waals surface area contributed by atoms with Crippen molar-refractivity contribution >= 4 is 21.8 Å². The van der Waals surface area contributed by atoms with Crippen LogP contribution < -0.4 is 11.1 Å². The van der Waals surface area contributed by atoms with Crippen molar-refractivity contribution in [2.75, 3.05) is 0 Å². The Morgan fingerprint density at radius 3 is 2.47 bits per heavy atom. The summed E-state index contributed by atoms with van der Waals surface area (Å²) in [5.74, 6) is -0.0526. The molecule has 1 rings (SSSR count). The second-order valence-corrected chi connectivity index (χ2v) is 5.69. The number of carbonyl (C=O) groups is 1. The van der Waals surface area contributed by atoms with Crippen molar-refractivity contribution in [3.05, 3.63) is 34.3 Å². The minimum Gasteiger partial charge on any atom is -0.348 e. The highest BCUT2D eigenvalue weighted by Gasteiger charge is 2.17. The number of nitrogens with one attached hydrogen (secondary N) is 1. The molecular formula is C15H23BrN2O. The molecule has 0 saturated heterocycles. The predicted molar refractivity (Wildman–Crippen MR) is 82.8 cm³/mol. The normalized spacial score (nSPS) is 13.9. The van der Waals surface area contributed by atoms with E-state index in [1.54, 1.807) is 0 Å². The van der Waals surface area contributed by atoms with Crippen LogP contribution in [0.2, 0.25) is 0 Å². The van der Waals surface area contributed by atoms with Crippen LogP contribution in [0.5, 0.6) is 0 Å². The van der Waals surface area contributed by atoms with Crippen molar-refractivity contribution in [3.8, 4) is 0 Å². The molecule has 4 heteroatoms. The van der Waals surface area contributed by atoms with Crippen LogP contribution in [0.25, 0.3) is 0 Å². The number of benzene rings is 1. The van der Waals surface area contributed by atoms with Crippen LogP contribution >= 0.6 is 15.9 Å². The minimum absolute atomic E-state index is 0.0354. The van der Waals surface area contributed by atoms with Gasteiger partial charge in [-0.1, -0.05) is 54.8 Å². The molecule has 0 spiro atoms. The molecule has 2 unspecified atom stereocenters. The molecular weight excluding hydrogens is 304 g/mol. The standard InChI is InChI=1S/C15H23BrN2O/c1-3-5-6-13(17)15(19)18-14(4-2)11-7-9-12(16)10-8-11/h7-10,13-14H,3-6,17H2,1-2H3,(H,18,19). The van der Waals surface area contributed by atoms with Crippen LogP contribution in [-0.4, -0.2) is 11.9 Å². The van der Waals surface area contributed by atoms with Crippen LogP contribution in [0.4, 0.5) is 0 Å². The number of rotatable bonds is 7. The van der Waals surface area contributed by atoms with Gasteiger partial charge < -0.3 is 11.1 Å². The summed E-state index contributed by atoms with van der Waals surface area (Å²) in [5.41, 5.74) is 7.00. The fourth-order valence-corrected chi connectivity index (χ4v) is 2.21. The zero-order chi connectivity index (χ0) is 14.3. The fourth-order valence-electron chi connectivity index (χ4n) is 1.95. The monoisotopic (exact) mass is 326 g/mol. The van der Waals surface area contributed by atoms with Gasteiger partial charge >= 0.3 is 0 Å². The topological polar surface area (TPSA) is 55.1 Å². The summed E-state index contributed by atoms with van der Waals surface area (Å²) in [4.78, 5) is 12.0. The average Bonchev–Trinajstić information content (AvgIpc) is 2.42. The van der Waals surface area contributed by atoms with Gasteiger partial charge in [-0.15, -0.1) is 0 Å². The third-order valence-corrected chi connectivity index (χ3v) is 3.73. The maximum Gasteiger partial charge on any atom is 0.237 e. The van der Waals surface area contributed by atoms with Gasteiger partial charge in [-0.3, -0.25) is 4.79 Å². The van der Waals surface area contributed by atoms with E-state index >= 15 is 0 Å². The van der Waals surface area contributed by atoms with Gasteiger partial charge in [0.2, 0.25) is 5.91 Å². The van der Waals surface area contributed by atoms with E-state index in [-0.39, 0.29) is 11.9 Å². The smallest absolute Gasteiger partial charge is 0.237 e. The highest BCUT2D eigenvalue weighted by atomic mass is 79.9. The zero-order valence-corrected chi connectivity index (χ0v) is 13.2. The first kappa shape index (κ1) is 16.2. The van der Waals surface area contributed by atoms with E-state index in [9.17, 15) is 4.79 Å². The summed E-state index contributed by atoms with van der Waals surface area (Å²) in [5, 5.41) is 3.03. The van der Waals surface area contributed by atoms with E-state index in [1.807, 2.05) is 24.3 Å². The largest absolute Gasteiger partial charge is 0.348 e. The highest BCUT2D eigenvalue weighted by molar-refractivity contribution is 9.10. The van der Waals surface area contributed by atoms with Gasteiger partial charge in [0, 0.05) is 4.47 Å². The quantitative estimate of drug-likeness (QED) is 0.805. The Kier molecular flexibility index (Phi) is 7.10. The van der Waals surface area contributed by atoms with Gasteiger partial charge in [-0.25, -0.2) is 0 Å². The van der Waals surface area contributed by atoms with E-state index in [4.69, 9.17) is 5.73 Å². The Bertz CT molecular complexity index is 392. The van der Waals surface area contributed by atoms with Crippen molar-refractivity contribution in [2.24, 2.45) is 5.73 Å². The van der Waals surface area contributed by atoms with Gasteiger partial charge in [0.25, 0.3) is 0 Å². The number of hydrogen-bond acceptors (Lipinski definition) is 2. The number of amides is 1. The first-order valence-corrected chi connectivity index (χ1v) is 7.69. The molecule has 2 atom stereocenters. The second kappa shape index (κ2) is 8.33. The van der Waals surface area contributed by atoms with Gasteiger partial charge in [-0.05, 0) is 30.5 Å². The predicted octanol–water partition coefficient (Wildman–Crippen LogP) is 3.53. The van der Waals surface area contributed by atoms with Crippen LogP contribution in [-0.2, 0) is 4.79 Å². The van der Waals surface area contributed by atoms with Crippen molar-refractivity contribution < 1.29 is 4.79 Å². The van der Waals surface area contributed by atoms with Crippen LogP contribution in [0.15, 0.2) is 28.7 Å². The van der Waals surface area contributed by atoms with Crippen molar-refractivity contribution in [1.82, 2.24) is 5.32 Å². The lowest BCUT2D eigenvalue weighted by atomic mass is 10.0. The lowest BCUT2D eigenvalue weighted by Gasteiger charge is -2.20. The van der Waals surface area contributed by atoms with Crippen molar-refractivity contribution in [2.45, 2.75) is 51.6 Å². The third kappa shape index (κ3) is 5.33. The third-order valence-electron chi connectivity index (χ3n) is 3.20. The summed E-state index contributed by atoms with van der Waals surface area (Å²) in [7, 11) is 0. The van der Waals surface area contributed by atoms with Gasteiger partial charge in [0.1, 0.15) is 0 Å². The molecule has 19 heavy (non-hydrogen) atoms. The van der Waals surface area contributed by atoms with Gasteiger partial charge in [0.05, 0.1) is 12.1 Å². The molecule has 0 fully saturated rings. The molecule has 0 aliphatic heterocycles. The molecule has 0 saturated carbocycles. The molecule has 0 aromatic heterocycles. The Balaban J connectivity index is 2.61. The van der Waals surface area contributed by atoms with E-state index < -0.39 is 6.04 Å². The second-order valence-electron chi connectivity index (χ2n) is 4.77. The summed E-state index contributed by atoms with van der Waals surface area (Å²) in [6.45, 7) is 4.16. The van der Waals surface area contributed by atoms with Crippen LogP contribution in [0.3, 0.4) is 0 Å². The van der Waals surface area contributed by atoms with Crippen molar-refractivity contribution in [3.63, 3.8) is 0 Å². The number of halogens is 1. The van der Waals surface area contributed by atoms with Crippen molar-refractivity contribution in [1.29, 1.82) is 0 Å². The van der Waals surface area contributed by atoms with Gasteiger partial charge in [0.15, 0.2) is 0 Å². The fraction of sp³-hybridized carbons (Fsp3) is 0.533. The lowest BCUT2D eigenvalue weighted by Crippen LogP contribution is -2.42. The molecule has 106 valence electrons. The Hall–Kier alpha value is -0.870. The number of carbonyl (C=O) groups excluding carboxylic acids is 1. The Labute approximate surface area is 124 Å². The van der Waals surface area contributed by atoms with Gasteiger partial charge in [-0.2, -0.15) is 0 Å². The number of nitrogens with two attached hydrogens (primary N) is 1. The molecule has 3 nitrogen and oxygen atoms in total. The summed E-state index contributed by atoms with van der Waals surface area (Å²) in [6.07, 6.45) is 3.65. The van der Waals surface area contributed by atoms with Crippen LogP contribution in [0, 0.1) is 0 Å². The Morgan fingerprint density at radius 2 is 1.95 bits per heavy atom. The van der Waals surface area contributed by atoms with E-state index in [0.29, 0.717) is 0 Å². The molecule has 0 heterocycles. The SMILES string of the molecule is CCCCC(N)C(=O)NC(CC)c1ccc(Br)cc1. The summed E-state index contributed by atoms with van der Waals surface area (Å²) < 4.78 is 1.04. The zero-order valence-electron chi connectivity index (χ0n) is 11.7. The number of hydrogen-bond donors (Lipinski definition) is 2. The highest BCUT2D eigenvalue weighted by Crippen LogP contribution is 2.19. The lowest BCUT2D eigenvalue weighted by molar-refractivity contribution is -0.123. The summed E-state index contributed by atoms with van der Waals surface area (Å²) >= 11 is 3.41. The molecule has 0 aliphatic carbocycles. The maximum atomic E-state index is 12.0. The average molecular weight is 327 g/mol. The van der Waals surface area contributed by atoms with E-state index in [2.05, 4.69) is 35.1 Å². The number of unbranched alkanes of at least 4 members (excludes halogenated alkanes) is 1. The molecule has 1 aromatic rings.